The first-order chi connectivity index (χ1) is 12.3. The summed E-state index contributed by atoms with van der Waals surface area (Å²) in [6.07, 6.45) is -3.86. The lowest BCUT2D eigenvalue weighted by atomic mass is 10.1. The highest BCUT2D eigenvalue weighted by atomic mass is 32.2. The van der Waals surface area contributed by atoms with Crippen molar-refractivity contribution in [3.63, 3.8) is 0 Å². The van der Waals surface area contributed by atoms with Crippen molar-refractivity contribution in [2.24, 2.45) is 5.73 Å². The van der Waals surface area contributed by atoms with E-state index in [2.05, 4.69) is 22.6 Å². The van der Waals surface area contributed by atoms with Gasteiger partial charge in [0.15, 0.2) is 12.1 Å². The Morgan fingerprint density at radius 3 is 2.85 bits per heavy atom. The summed E-state index contributed by atoms with van der Waals surface area (Å²) < 4.78 is 6.15. The van der Waals surface area contributed by atoms with E-state index in [0.717, 1.165) is 0 Å². The van der Waals surface area contributed by atoms with Crippen LogP contribution in [-0.2, 0) is 16.1 Å². The first kappa shape index (κ1) is 21.0. The van der Waals surface area contributed by atoms with Crippen molar-refractivity contribution in [1.29, 1.82) is 0 Å². The van der Waals surface area contributed by atoms with Crippen LogP contribution >= 0.6 is 11.8 Å². The average molecular weight is 389 g/mol. The van der Waals surface area contributed by atoms with Gasteiger partial charge in [-0.25, -0.2) is 4.68 Å². The molecule has 26 heavy (non-hydrogen) atoms. The Morgan fingerprint density at radius 2 is 2.23 bits per heavy atom. The van der Waals surface area contributed by atoms with Crippen molar-refractivity contribution < 1.29 is 30.0 Å². The third kappa shape index (κ3) is 5.36. The van der Waals surface area contributed by atoms with E-state index in [9.17, 15) is 25.2 Å². The number of carbonyl (C=O) groups excluding carboxylic acids is 1. The molecule has 0 saturated carbocycles. The fourth-order valence-corrected chi connectivity index (χ4v) is 3.02. The summed E-state index contributed by atoms with van der Waals surface area (Å²) in [5.74, 6) is 0.842. The van der Waals surface area contributed by atoms with Crippen LogP contribution in [0.1, 0.15) is 0 Å². The molecule has 1 aliphatic rings. The quantitative estimate of drug-likeness (QED) is 0.240. The summed E-state index contributed by atoms with van der Waals surface area (Å²) in [6.45, 7) is 3.45. The van der Waals surface area contributed by atoms with E-state index >= 15 is 0 Å². The van der Waals surface area contributed by atoms with Gasteiger partial charge in [0.05, 0.1) is 18.8 Å². The zero-order valence-corrected chi connectivity index (χ0v) is 14.7. The maximum atomic E-state index is 12.0. The van der Waals surface area contributed by atoms with Crippen molar-refractivity contribution in [3.05, 3.63) is 19.5 Å². The van der Waals surface area contributed by atoms with Gasteiger partial charge in [0.25, 0.3) is 0 Å². The third-order valence-corrected chi connectivity index (χ3v) is 4.75. The molecule has 0 aliphatic carbocycles. The van der Waals surface area contributed by atoms with Crippen LogP contribution in [-0.4, -0.2) is 89.6 Å². The zero-order valence-electron chi connectivity index (χ0n) is 13.9. The van der Waals surface area contributed by atoms with E-state index in [4.69, 9.17) is 10.5 Å². The van der Waals surface area contributed by atoms with Gasteiger partial charge in [0.1, 0.15) is 24.4 Å². The van der Waals surface area contributed by atoms with Gasteiger partial charge in [-0.2, -0.15) is 11.8 Å². The normalized spacial score (nSPS) is 28.1. The molecule has 12 heteroatoms. The number of aliphatic hydroxyl groups excluding tert-OH is 4. The molecule has 0 aromatic carbocycles. The van der Waals surface area contributed by atoms with Crippen LogP contribution < -0.4 is 11.1 Å². The van der Waals surface area contributed by atoms with Gasteiger partial charge in [-0.3, -0.25) is 4.79 Å². The Labute approximate surface area is 154 Å². The summed E-state index contributed by atoms with van der Waals surface area (Å²) in [7, 11) is 0. The smallest absolute Gasteiger partial charge is 0.243 e. The molecule has 1 saturated heterocycles. The van der Waals surface area contributed by atoms with Gasteiger partial charge in [0, 0.05) is 5.75 Å². The molecular weight excluding hydrogens is 366 g/mol. The number of amides is 1. The monoisotopic (exact) mass is 389 g/mol. The first-order valence-electron chi connectivity index (χ1n) is 7.86. The van der Waals surface area contributed by atoms with Crippen LogP contribution in [0.3, 0.4) is 0 Å². The predicted octanol–water partition coefficient (Wildman–Crippen LogP) is -2.88. The SMILES string of the molecule is [CH2][CH]CSC[C@@H](N)C(=O)Nc1cn(C[C@H](O)C2OC(O)[C@@H](O)[C@@H]2O)nn1. The summed E-state index contributed by atoms with van der Waals surface area (Å²) in [5, 5.41) is 48.6. The van der Waals surface area contributed by atoms with Gasteiger partial charge in [-0.05, 0) is 19.1 Å². The number of aromatic nitrogens is 3. The summed E-state index contributed by atoms with van der Waals surface area (Å²) in [6, 6.07) is -0.722. The Bertz CT molecular complexity index is 590. The lowest BCUT2D eigenvalue weighted by Gasteiger charge is -2.20. The number of nitrogens with one attached hydrogen (secondary N) is 1. The number of thioether (sulfide) groups is 1. The Hall–Kier alpha value is -1.28. The molecule has 2 heterocycles. The molecule has 1 amide bonds. The van der Waals surface area contributed by atoms with E-state index < -0.39 is 42.7 Å². The topological polar surface area (TPSA) is 176 Å². The number of rotatable bonds is 9. The number of hydrogen-bond acceptors (Lipinski definition) is 10. The van der Waals surface area contributed by atoms with Crippen LogP contribution in [0.5, 0.6) is 0 Å². The molecule has 1 aliphatic heterocycles. The number of ether oxygens (including phenoxy) is 1. The second-order valence-corrected chi connectivity index (χ2v) is 6.86. The lowest BCUT2D eigenvalue weighted by Crippen LogP contribution is -2.40. The van der Waals surface area contributed by atoms with Crippen molar-refractivity contribution in [2.45, 2.75) is 43.3 Å². The van der Waals surface area contributed by atoms with Gasteiger partial charge in [0.2, 0.25) is 5.91 Å². The summed E-state index contributed by atoms with van der Waals surface area (Å²) >= 11 is 1.47. The highest BCUT2D eigenvalue weighted by Crippen LogP contribution is 2.23. The minimum absolute atomic E-state index is 0.134. The van der Waals surface area contributed by atoms with Crippen molar-refractivity contribution in [1.82, 2.24) is 15.0 Å². The van der Waals surface area contributed by atoms with Crippen molar-refractivity contribution in [2.75, 3.05) is 16.8 Å². The van der Waals surface area contributed by atoms with E-state index in [1.54, 1.807) is 6.42 Å². The number of aliphatic hydroxyl groups is 4. The molecule has 11 nitrogen and oxygen atoms in total. The maximum Gasteiger partial charge on any atom is 0.243 e. The third-order valence-electron chi connectivity index (χ3n) is 3.69. The number of nitrogens with zero attached hydrogens (tertiary/aromatic N) is 3. The van der Waals surface area contributed by atoms with E-state index in [1.165, 1.54) is 22.6 Å². The summed E-state index contributed by atoms with van der Waals surface area (Å²) in [5.41, 5.74) is 5.76. The molecular formula is C14H23N5O6S. The van der Waals surface area contributed by atoms with Crippen LogP contribution in [0.15, 0.2) is 6.20 Å². The highest BCUT2D eigenvalue weighted by molar-refractivity contribution is 7.99. The van der Waals surface area contributed by atoms with Crippen molar-refractivity contribution in [3.8, 4) is 0 Å². The standard InChI is InChI=1S/C14H23N5O6S/c1-2-3-26-6-7(15)13(23)16-9-5-19(18-17-9)4-8(20)12-10(21)11(22)14(24)25-12/h2,5,7-8,10-12,14,20-22,24H,1,3-4,6,15H2,(H,16,23)/t7-,8+,10+,11+,12?,14?/m1/s1. The first-order valence-corrected chi connectivity index (χ1v) is 9.02. The Balaban J connectivity index is 1.84. The Morgan fingerprint density at radius 1 is 1.50 bits per heavy atom. The van der Waals surface area contributed by atoms with E-state index in [-0.39, 0.29) is 12.4 Å². The Kier molecular flexibility index (Phi) is 7.76. The molecule has 0 spiro atoms. The molecule has 146 valence electrons. The van der Waals surface area contributed by atoms with Crippen LogP contribution in [0.25, 0.3) is 0 Å². The van der Waals surface area contributed by atoms with Crippen LogP contribution in [0, 0.1) is 13.3 Å². The van der Waals surface area contributed by atoms with Gasteiger partial charge in [-0.1, -0.05) is 5.21 Å². The van der Waals surface area contributed by atoms with Crippen LogP contribution in [0.2, 0.25) is 0 Å². The molecule has 0 bridgehead atoms. The molecule has 6 atom stereocenters. The maximum absolute atomic E-state index is 12.0. The fourth-order valence-electron chi connectivity index (χ4n) is 2.32. The summed E-state index contributed by atoms with van der Waals surface area (Å²) in [4.78, 5) is 12.0. The second-order valence-electron chi connectivity index (χ2n) is 5.79. The van der Waals surface area contributed by atoms with Gasteiger partial charge in [-0.15, -0.1) is 5.10 Å². The van der Waals surface area contributed by atoms with E-state index in [1.807, 2.05) is 0 Å². The number of carbonyl (C=O) groups is 1. The average Bonchev–Trinajstić information content (AvgIpc) is 3.14. The van der Waals surface area contributed by atoms with Crippen LogP contribution in [0.4, 0.5) is 5.82 Å². The van der Waals surface area contributed by atoms with E-state index in [0.29, 0.717) is 11.5 Å². The van der Waals surface area contributed by atoms with Gasteiger partial charge >= 0.3 is 0 Å². The number of anilines is 1. The zero-order chi connectivity index (χ0) is 19.3. The molecule has 1 fully saturated rings. The second kappa shape index (κ2) is 9.60. The largest absolute Gasteiger partial charge is 0.388 e. The molecule has 2 unspecified atom stereocenters. The molecule has 2 radical (unpaired) electrons. The molecule has 7 N–H and O–H groups in total. The molecule has 1 aromatic rings. The van der Waals surface area contributed by atoms with Gasteiger partial charge < -0.3 is 36.2 Å². The number of hydrogen-bond donors (Lipinski definition) is 6. The highest BCUT2D eigenvalue weighted by Gasteiger charge is 2.45. The lowest BCUT2D eigenvalue weighted by molar-refractivity contribution is -0.147. The fraction of sp³-hybridized carbons (Fsp3) is 0.643. The number of nitrogens with two attached hydrogens (primary N) is 1. The minimum Gasteiger partial charge on any atom is -0.388 e. The molecule has 1 aromatic heterocycles. The predicted molar refractivity (Wildman–Crippen MR) is 92.5 cm³/mol. The minimum atomic E-state index is -1.57. The molecule has 2 rings (SSSR count). The van der Waals surface area contributed by atoms with Crippen molar-refractivity contribution >= 4 is 23.5 Å².